The molecule has 46 heavy (non-hydrogen) atoms. The summed E-state index contributed by atoms with van der Waals surface area (Å²) >= 11 is 0. The number of hydrogen-bond donors (Lipinski definition) is 0. The van der Waals surface area contributed by atoms with Crippen molar-refractivity contribution in [2.45, 2.75) is 84.8 Å². The van der Waals surface area contributed by atoms with Gasteiger partial charge in [0.25, 0.3) is 0 Å². The maximum absolute atomic E-state index is 13.5. The number of hydrogen-bond acceptors (Lipinski definition) is 7. The van der Waals surface area contributed by atoms with Crippen molar-refractivity contribution in [3.63, 3.8) is 0 Å². The van der Waals surface area contributed by atoms with E-state index in [2.05, 4.69) is 68.5 Å². The molecule has 0 amide bonds. The topological polar surface area (TPSA) is 101 Å². The summed E-state index contributed by atoms with van der Waals surface area (Å²) in [6.07, 6.45) is 6.73. The number of carbonyl (C=O) groups is 1. The Balaban J connectivity index is 0.000000402. The number of rotatable bonds is 7. The van der Waals surface area contributed by atoms with Crippen LogP contribution in [0.1, 0.15) is 92.8 Å². The number of aldehydes is 1. The van der Waals surface area contributed by atoms with Crippen molar-refractivity contribution < 1.29 is 39.2 Å². The van der Waals surface area contributed by atoms with Crippen LogP contribution in [0.5, 0.6) is 11.5 Å². The fourth-order valence-corrected chi connectivity index (χ4v) is 4.73. The second kappa shape index (κ2) is 18.6. The van der Waals surface area contributed by atoms with Crippen LogP contribution in [0, 0.1) is 0 Å². The van der Waals surface area contributed by atoms with Crippen LogP contribution in [-0.2, 0) is 54.7 Å². The summed E-state index contributed by atoms with van der Waals surface area (Å²) < 4.78 is 4.94. The predicted octanol–water partition coefficient (Wildman–Crippen LogP) is 6.71. The first kappa shape index (κ1) is 38.7. The van der Waals surface area contributed by atoms with Crippen LogP contribution < -0.4 is 10.2 Å². The number of ether oxygens (including phenoxy) is 1. The molecule has 0 N–H and O–H groups in total. The Morgan fingerprint density at radius 3 is 1.70 bits per heavy atom. The van der Waals surface area contributed by atoms with E-state index in [1.807, 2.05) is 48.8 Å². The average molecular weight is 675 g/mol. The number of carbonyl (C=O) groups excluding carboxylic acids is 1. The fraction of sp³-hybridized carbons (Fsp3) is 0.395. The molecule has 7 nitrogen and oxygen atoms in total. The normalized spacial score (nSPS) is 12.7. The molecule has 1 aliphatic heterocycles. The summed E-state index contributed by atoms with van der Waals surface area (Å²) in [6, 6.07) is 22.2. The van der Waals surface area contributed by atoms with Gasteiger partial charge in [-0.3, -0.25) is 19.7 Å². The van der Waals surface area contributed by atoms with Crippen LogP contribution in [0.4, 0.5) is 0 Å². The van der Waals surface area contributed by atoms with E-state index in [1.54, 1.807) is 12.1 Å². The maximum atomic E-state index is 13.5. The van der Waals surface area contributed by atoms with Gasteiger partial charge < -0.3 is 14.9 Å². The van der Waals surface area contributed by atoms with Gasteiger partial charge in [-0.15, -0.1) is 5.75 Å². The summed E-state index contributed by atoms with van der Waals surface area (Å²) in [5.74, 6) is -0.0694. The van der Waals surface area contributed by atoms with E-state index in [0.717, 1.165) is 35.7 Å². The van der Waals surface area contributed by atoms with Gasteiger partial charge in [-0.05, 0) is 64.6 Å². The largest absolute Gasteiger partial charge is 2.00 e. The Kier molecular flexibility index (Phi) is 15.7. The molecule has 0 saturated carbocycles. The summed E-state index contributed by atoms with van der Waals surface area (Å²) in [7, 11) is 0. The monoisotopic (exact) mass is 673 g/mol. The van der Waals surface area contributed by atoms with Gasteiger partial charge in [-0.2, -0.15) is 0 Å². The molecule has 0 spiro atoms. The third-order valence-electron chi connectivity index (χ3n) is 7.33. The van der Waals surface area contributed by atoms with Crippen LogP contribution in [0.15, 0.2) is 85.2 Å². The zero-order valence-corrected chi connectivity index (χ0v) is 31.3. The molecule has 5 rings (SSSR count). The Morgan fingerprint density at radius 2 is 1.30 bits per heavy atom. The zero-order valence-electron chi connectivity index (χ0n) is 28.3. The maximum Gasteiger partial charge on any atom is 2.00 e. The molecule has 0 bridgehead atoms. The van der Waals surface area contributed by atoms with Gasteiger partial charge in [0.05, 0.1) is 11.4 Å². The van der Waals surface area contributed by atoms with Gasteiger partial charge >= 0.3 is 19.5 Å². The molecule has 240 valence electrons. The van der Waals surface area contributed by atoms with Crippen molar-refractivity contribution in [2.24, 2.45) is 0 Å². The quantitative estimate of drug-likeness (QED) is 0.159. The predicted molar refractivity (Wildman–Crippen MR) is 176 cm³/mol. The third kappa shape index (κ3) is 12.7. The van der Waals surface area contributed by atoms with Crippen LogP contribution in [0.3, 0.4) is 0 Å². The van der Waals surface area contributed by atoms with E-state index < -0.39 is 0 Å². The molecule has 8 heteroatoms. The van der Waals surface area contributed by atoms with Crippen molar-refractivity contribution in [3.05, 3.63) is 119 Å². The SMILES string of the molecule is C1CCOC1.CC(C)(C)c1cc(CN(Cc2ccccn2)Cc2ccccn2)c([O-])c(C(C)(C)C)c1.O=Cc1ccccc1[O-].[Zn+2]. The van der Waals surface area contributed by atoms with E-state index in [0.29, 0.717) is 25.9 Å². The summed E-state index contributed by atoms with van der Waals surface area (Å²) in [4.78, 5) is 21.3. The molecule has 2 aromatic carbocycles. The minimum absolute atomic E-state index is 0. The molecule has 0 atom stereocenters. The van der Waals surface area contributed by atoms with Gasteiger partial charge in [0.2, 0.25) is 0 Å². The van der Waals surface area contributed by atoms with Crippen molar-refractivity contribution in [1.82, 2.24) is 14.9 Å². The van der Waals surface area contributed by atoms with Gasteiger partial charge in [0.15, 0.2) is 0 Å². The van der Waals surface area contributed by atoms with E-state index in [4.69, 9.17) is 4.74 Å². The van der Waals surface area contributed by atoms with E-state index in [1.165, 1.54) is 30.5 Å². The Morgan fingerprint density at radius 1 is 0.761 bits per heavy atom. The Bertz CT molecular complexity index is 1420. The van der Waals surface area contributed by atoms with Gasteiger partial charge in [0.1, 0.15) is 6.29 Å². The molecular formula is C38H47N3O4Zn. The Hall–Kier alpha value is -3.45. The molecule has 3 heterocycles. The molecule has 0 radical (unpaired) electrons. The molecule has 1 saturated heterocycles. The number of nitrogens with zero attached hydrogens (tertiary/aromatic N) is 3. The van der Waals surface area contributed by atoms with Crippen LogP contribution in [-0.4, -0.2) is 34.4 Å². The van der Waals surface area contributed by atoms with E-state index >= 15 is 0 Å². The summed E-state index contributed by atoms with van der Waals surface area (Å²) in [6.45, 7) is 16.8. The fourth-order valence-electron chi connectivity index (χ4n) is 4.73. The van der Waals surface area contributed by atoms with Gasteiger partial charge in [-0.25, -0.2) is 0 Å². The first-order chi connectivity index (χ1) is 21.4. The van der Waals surface area contributed by atoms with E-state index in [-0.39, 0.29) is 47.4 Å². The first-order valence-corrected chi connectivity index (χ1v) is 15.5. The summed E-state index contributed by atoms with van der Waals surface area (Å²) in [5, 5.41) is 24.1. The zero-order chi connectivity index (χ0) is 32.9. The first-order valence-electron chi connectivity index (χ1n) is 15.5. The molecule has 2 aromatic heterocycles. The number of para-hydroxylation sites is 1. The van der Waals surface area contributed by atoms with Gasteiger partial charge in [-0.1, -0.05) is 95.8 Å². The van der Waals surface area contributed by atoms with Gasteiger partial charge in [0, 0.05) is 50.8 Å². The third-order valence-corrected chi connectivity index (χ3v) is 7.33. The minimum Gasteiger partial charge on any atom is -0.872 e. The molecule has 1 fully saturated rings. The summed E-state index contributed by atoms with van der Waals surface area (Å²) in [5.41, 5.74) is 4.85. The number of benzene rings is 2. The number of pyridine rings is 2. The Labute approximate surface area is 287 Å². The molecule has 4 aromatic rings. The minimum atomic E-state index is -0.215. The second-order valence-corrected chi connectivity index (χ2v) is 13.3. The van der Waals surface area contributed by atoms with Crippen molar-refractivity contribution >= 4 is 6.29 Å². The van der Waals surface area contributed by atoms with Crippen molar-refractivity contribution in [2.75, 3.05) is 13.2 Å². The standard InChI is InChI=1S/C27H35N3O.C7H6O2.C4H8O.Zn/c1-26(2,3)21-15-20(25(31)24(16-21)27(4,5)6)17-30(18-22-11-7-9-13-28-22)19-23-12-8-10-14-29-23;8-5-6-3-1-2-4-7(6)9;1-2-4-5-3-1;/h7-16,31H,17-19H2,1-6H3;1-5,9H;1-4H2;/q;;;+2/p-2. The molecular weight excluding hydrogens is 628 g/mol. The molecule has 0 unspecified atom stereocenters. The van der Waals surface area contributed by atoms with Crippen molar-refractivity contribution in [3.8, 4) is 11.5 Å². The molecule has 1 aliphatic rings. The van der Waals surface area contributed by atoms with Crippen LogP contribution in [0.2, 0.25) is 0 Å². The molecule has 0 aliphatic carbocycles. The number of aromatic nitrogens is 2. The van der Waals surface area contributed by atoms with E-state index in [9.17, 15) is 15.0 Å². The van der Waals surface area contributed by atoms with Crippen molar-refractivity contribution in [1.29, 1.82) is 0 Å². The second-order valence-electron chi connectivity index (χ2n) is 13.3. The average Bonchev–Trinajstić information content (AvgIpc) is 3.59. The smallest absolute Gasteiger partial charge is 0.872 e. The van der Waals surface area contributed by atoms with Crippen LogP contribution >= 0.6 is 0 Å². The van der Waals surface area contributed by atoms with Crippen LogP contribution in [0.25, 0.3) is 0 Å².